The van der Waals surface area contributed by atoms with Gasteiger partial charge in [0, 0.05) is 43.0 Å². The Morgan fingerprint density at radius 3 is 2.20 bits per heavy atom. The summed E-state index contributed by atoms with van der Waals surface area (Å²) >= 11 is 0. The number of aliphatic hydroxyl groups is 1. The Kier molecular flexibility index (Phi) is 8.57. The van der Waals surface area contributed by atoms with Crippen LogP contribution in [0, 0.1) is 19.7 Å². The summed E-state index contributed by atoms with van der Waals surface area (Å²) in [6.07, 6.45) is 3.85. The molecule has 5 rings (SSSR count). The molecule has 2 heterocycles. The molecular formula is C34H40FN3O6. The topological polar surface area (TPSA) is 101 Å². The maximum atomic E-state index is 14.0. The summed E-state index contributed by atoms with van der Waals surface area (Å²) in [6.45, 7) is 9.39. The van der Waals surface area contributed by atoms with Crippen LogP contribution in [0.4, 0.5) is 9.18 Å². The fourth-order valence-corrected chi connectivity index (χ4v) is 6.06. The molecule has 1 aliphatic carbocycles. The van der Waals surface area contributed by atoms with Crippen molar-refractivity contribution in [2.45, 2.75) is 78.0 Å². The van der Waals surface area contributed by atoms with E-state index in [1.807, 2.05) is 13.0 Å². The highest BCUT2D eigenvalue weighted by molar-refractivity contribution is 6.02. The lowest BCUT2D eigenvalue weighted by molar-refractivity contribution is -0.127. The second-order valence-electron chi connectivity index (χ2n) is 12.4. The molecule has 1 aromatic heterocycles. The Labute approximate surface area is 256 Å². The lowest BCUT2D eigenvalue weighted by atomic mass is 9.91. The zero-order chi connectivity index (χ0) is 31.9. The maximum absolute atomic E-state index is 14.0. The highest BCUT2D eigenvalue weighted by Gasteiger charge is 2.41. The lowest BCUT2D eigenvalue weighted by Gasteiger charge is -2.33. The number of imide groups is 1. The van der Waals surface area contributed by atoms with Crippen molar-refractivity contribution in [3.05, 3.63) is 75.5 Å². The Balaban J connectivity index is 1.48. The third-order valence-electron chi connectivity index (χ3n) is 8.56. The zero-order valence-corrected chi connectivity index (χ0v) is 26.1. The third kappa shape index (κ3) is 6.22. The number of nitrogens with zero attached hydrogens (tertiary/aromatic N) is 3. The number of carbonyl (C=O) groups is 2. The highest BCUT2D eigenvalue weighted by atomic mass is 19.1. The van der Waals surface area contributed by atoms with Gasteiger partial charge in [0.2, 0.25) is 0 Å². The smallest absolute Gasteiger partial charge is 0.327 e. The van der Waals surface area contributed by atoms with E-state index in [1.54, 1.807) is 58.0 Å². The standard InChI is InChI=1S/C34H40FN3O6/c1-7-37-19-31(40)38(33(37)41)24-9-11-25(12-10-24)43-29-17-30(39)36(6)18-27(29)26-16-22(34(4,5)42)8-13-28(26)44-32-20(2)14-23(35)15-21(32)3/h8,13-18,24-25,42H,7,9-12,19H2,1-6H3/t24-,25-. The molecule has 0 radical (unpaired) electrons. The largest absolute Gasteiger partial charge is 0.490 e. The molecule has 2 aliphatic rings. The van der Waals surface area contributed by atoms with Crippen molar-refractivity contribution in [1.82, 2.24) is 14.4 Å². The molecule has 3 amide bonds. The van der Waals surface area contributed by atoms with Gasteiger partial charge in [0.25, 0.3) is 11.5 Å². The van der Waals surface area contributed by atoms with Gasteiger partial charge in [0.1, 0.15) is 29.6 Å². The average Bonchev–Trinajstić information content (AvgIpc) is 3.25. The SMILES string of the molecule is CCN1CC(=O)N([C@H]2CC[C@H](Oc3cc(=O)n(C)cc3-c3cc(C(C)(C)O)ccc3Oc3c(C)cc(F)cc3C)CC2)C1=O. The van der Waals surface area contributed by atoms with E-state index in [4.69, 9.17) is 9.47 Å². The number of ether oxygens (including phenoxy) is 2. The second kappa shape index (κ2) is 12.1. The van der Waals surface area contributed by atoms with Crippen LogP contribution in [0.1, 0.15) is 63.1 Å². The molecular weight excluding hydrogens is 565 g/mol. The van der Waals surface area contributed by atoms with E-state index >= 15 is 0 Å². The number of benzene rings is 2. The molecule has 1 saturated carbocycles. The van der Waals surface area contributed by atoms with Crippen LogP contribution in [0.5, 0.6) is 17.2 Å². The predicted molar refractivity (Wildman–Crippen MR) is 164 cm³/mol. The van der Waals surface area contributed by atoms with Crippen LogP contribution in [0.15, 0.2) is 47.4 Å². The summed E-state index contributed by atoms with van der Waals surface area (Å²) in [5.74, 6) is 0.819. The summed E-state index contributed by atoms with van der Waals surface area (Å²) in [5.41, 5.74) is 1.67. The minimum atomic E-state index is -1.16. The minimum Gasteiger partial charge on any atom is -0.490 e. The number of halogens is 1. The van der Waals surface area contributed by atoms with Crippen molar-refractivity contribution in [2.24, 2.45) is 7.05 Å². The minimum absolute atomic E-state index is 0.119. The molecule has 1 N–H and O–H groups in total. The van der Waals surface area contributed by atoms with Gasteiger partial charge < -0.3 is 24.0 Å². The van der Waals surface area contributed by atoms with Crippen molar-refractivity contribution in [3.63, 3.8) is 0 Å². The first kappa shape index (κ1) is 31.3. The summed E-state index contributed by atoms with van der Waals surface area (Å²) in [7, 11) is 1.65. The number of urea groups is 1. The second-order valence-corrected chi connectivity index (χ2v) is 12.4. The van der Waals surface area contributed by atoms with E-state index in [-0.39, 0.29) is 42.0 Å². The van der Waals surface area contributed by atoms with Gasteiger partial charge >= 0.3 is 6.03 Å². The number of pyridine rings is 1. The van der Waals surface area contributed by atoms with E-state index in [9.17, 15) is 23.9 Å². The van der Waals surface area contributed by atoms with E-state index < -0.39 is 5.60 Å². The molecule has 0 atom stereocenters. The molecule has 234 valence electrons. The number of aryl methyl sites for hydroxylation is 3. The van der Waals surface area contributed by atoms with E-state index in [0.29, 0.717) is 77.3 Å². The van der Waals surface area contributed by atoms with Crippen molar-refractivity contribution in [1.29, 1.82) is 0 Å². The van der Waals surface area contributed by atoms with Crippen LogP contribution in [-0.2, 0) is 17.4 Å². The fourth-order valence-electron chi connectivity index (χ4n) is 6.06. The monoisotopic (exact) mass is 605 g/mol. The van der Waals surface area contributed by atoms with Gasteiger partial charge in [0.15, 0.2) is 0 Å². The Bertz CT molecular complexity index is 1630. The number of carbonyl (C=O) groups excluding carboxylic acids is 2. The van der Waals surface area contributed by atoms with E-state index in [0.717, 1.165) is 0 Å². The Hall–Kier alpha value is -4.18. The van der Waals surface area contributed by atoms with Crippen LogP contribution in [-0.4, -0.2) is 56.6 Å². The molecule has 1 aliphatic heterocycles. The summed E-state index contributed by atoms with van der Waals surface area (Å²) in [5, 5.41) is 10.8. The number of likely N-dealkylation sites (N-methyl/N-ethyl adjacent to an activating group) is 1. The van der Waals surface area contributed by atoms with Gasteiger partial charge in [-0.15, -0.1) is 0 Å². The normalized spacial score (nSPS) is 19.1. The van der Waals surface area contributed by atoms with Crippen LogP contribution >= 0.6 is 0 Å². The highest BCUT2D eigenvalue weighted by Crippen LogP contribution is 2.42. The Morgan fingerprint density at radius 2 is 1.61 bits per heavy atom. The van der Waals surface area contributed by atoms with E-state index in [2.05, 4.69) is 0 Å². The van der Waals surface area contributed by atoms with Crippen LogP contribution < -0.4 is 15.0 Å². The number of hydrogen-bond acceptors (Lipinski definition) is 6. The first-order chi connectivity index (χ1) is 20.8. The van der Waals surface area contributed by atoms with Crippen molar-refractivity contribution in [3.8, 4) is 28.4 Å². The third-order valence-corrected chi connectivity index (χ3v) is 8.56. The number of rotatable bonds is 8. The van der Waals surface area contributed by atoms with Gasteiger partial charge in [-0.05, 0) is 101 Å². The molecule has 9 nitrogen and oxygen atoms in total. The molecule has 2 aromatic carbocycles. The summed E-state index contributed by atoms with van der Waals surface area (Å²) in [6, 6.07) is 9.20. The van der Waals surface area contributed by atoms with Crippen LogP contribution in [0.3, 0.4) is 0 Å². The zero-order valence-electron chi connectivity index (χ0n) is 26.1. The molecule has 0 unspecified atom stereocenters. The number of aromatic nitrogens is 1. The Morgan fingerprint density at radius 1 is 0.955 bits per heavy atom. The van der Waals surface area contributed by atoms with Gasteiger partial charge in [0.05, 0.1) is 11.7 Å². The maximum Gasteiger partial charge on any atom is 0.327 e. The van der Waals surface area contributed by atoms with Gasteiger partial charge in [-0.3, -0.25) is 14.5 Å². The van der Waals surface area contributed by atoms with E-state index in [1.165, 1.54) is 27.7 Å². The number of hydrogen-bond donors (Lipinski definition) is 1. The average molecular weight is 606 g/mol. The first-order valence-corrected chi connectivity index (χ1v) is 15.1. The molecule has 2 fully saturated rings. The summed E-state index contributed by atoms with van der Waals surface area (Å²) in [4.78, 5) is 41.1. The molecule has 0 spiro atoms. The van der Waals surface area contributed by atoms with Gasteiger partial charge in [-0.25, -0.2) is 9.18 Å². The van der Waals surface area contributed by atoms with Crippen molar-refractivity contribution < 1.29 is 28.6 Å². The lowest BCUT2D eigenvalue weighted by Crippen LogP contribution is -2.44. The van der Waals surface area contributed by atoms with Crippen LogP contribution in [0.2, 0.25) is 0 Å². The fraction of sp³-hybridized carbons (Fsp3) is 0.441. The predicted octanol–water partition coefficient (Wildman–Crippen LogP) is 5.80. The summed E-state index contributed by atoms with van der Waals surface area (Å²) < 4.78 is 28.4. The number of amides is 3. The first-order valence-electron chi connectivity index (χ1n) is 15.1. The molecule has 3 aromatic rings. The van der Waals surface area contributed by atoms with Gasteiger partial charge in [-0.2, -0.15) is 0 Å². The molecule has 10 heteroatoms. The van der Waals surface area contributed by atoms with Gasteiger partial charge in [-0.1, -0.05) is 6.07 Å². The molecule has 44 heavy (non-hydrogen) atoms. The van der Waals surface area contributed by atoms with Crippen LogP contribution in [0.25, 0.3) is 11.1 Å². The van der Waals surface area contributed by atoms with Crippen molar-refractivity contribution in [2.75, 3.05) is 13.1 Å². The van der Waals surface area contributed by atoms with Crippen molar-refractivity contribution >= 4 is 11.9 Å². The molecule has 0 bridgehead atoms. The quantitative estimate of drug-likeness (QED) is 0.326. The molecule has 1 saturated heterocycles.